The van der Waals surface area contributed by atoms with Gasteiger partial charge in [0.2, 0.25) is 21.8 Å². The lowest BCUT2D eigenvalue weighted by molar-refractivity contribution is -0.123. The molecule has 162 valence electrons. The Balaban J connectivity index is 1.46. The van der Waals surface area contributed by atoms with Gasteiger partial charge in [-0.15, -0.1) is 11.3 Å². The van der Waals surface area contributed by atoms with Crippen molar-refractivity contribution in [1.29, 1.82) is 0 Å². The molecule has 1 heterocycles. The monoisotopic (exact) mass is 458 g/mol. The molecule has 10 heteroatoms. The molecule has 0 saturated carbocycles. The molecule has 0 saturated heterocycles. The second-order valence-electron chi connectivity index (χ2n) is 6.87. The summed E-state index contributed by atoms with van der Waals surface area (Å²) in [4.78, 5) is 28.4. The molecule has 3 aromatic rings. The van der Waals surface area contributed by atoms with Crippen LogP contribution in [0.25, 0.3) is 11.3 Å². The van der Waals surface area contributed by atoms with Gasteiger partial charge in [0.1, 0.15) is 0 Å². The van der Waals surface area contributed by atoms with Gasteiger partial charge >= 0.3 is 0 Å². The highest BCUT2D eigenvalue weighted by Crippen LogP contribution is 2.25. The largest absolute Gasteiger partial charge is 0.346 e. The first kappa shape index (κ1) is 22.6. The maximum atomic E-state index is 12.2. The Kier molecular flexibility index (Phi) is 7.16. The number of thiazole rings is 1. The van der Waals surface area contributed by atoms with Gasteiger partial charge in [-0.1, -0.05) is 47.5 Å². The van der Waals surface area contributed by atoms with Crippen LogP contribution in [0, 0.1) is 13.8 Å². The van der Waals surface area contributed by atoms with Crippen LogP contribution < -0.4 is 15.4 Å². The number of rotatable bonds is 8. The highest BCUT2D eigenvalue weighted by atomic mass is 32.2. The lowest BCUT2D eigenvalue weighted by atomic mass is 10.1. The molecule has 0 aliphatic carbocycles. The zero-order valence-electron chi connectivity index (χ0n) is 17.0. The average Bonchev–Trinajstić information content (AvgIpc) is 3.20. The molecule has 3 rings (SSSR count). The first-order valence-electron chi connectivity index (χ1n) is 9.38. The number of aryl methyl sites for hydroxylation is 2. The van der Waals surface area contributed by atoms with E-state index in [1.807, 2.05) is 43.5 Å². The van der Waals surface area contributed by atoms with E-state index in [0.29, 0.717) is 5.13 Å². The van der Waals surface area contributed by atoms with Crippen molar-refractivity contribution in [2.45, 2.75) is 18.7 Å². The average molecular weight is 459 g/mol. The van der Waals surface area contributed by atoms with Gasteiger partial charge in [0.05, 0.1) is 23.7 Å². The molecule has 3 N–H and O–H groups in total. The van der Waals surface area contributed by atoms with Crippen molar-refractivity contribution in [2.75, 3.05) is 18.4 Å². The number of amides is 2. The zero-order chi connectivity index (χ0) is 22.4. The third kappa shape index (κ3) is 6.45. The molecule has 2 amide bonds. The number of anilines is 1. The van der Waals surface area contributed by atoms with Gasteiger partial charge < -0.3 is 10.6 Å². The Morgan fingerprint density at radius 2 is 1.52 bits per heavy atom. The van der Waals surface area contributed by atoms with Crippen molar-refractivity contribution in [2.24, 2.45) is 0 Å². The van der Waals surface area contributed by atoms with E-state index >= 15 is 0 Å². The maximum Gasteiger partial charge on any atom is 0.245 e. The molecule has 0 spiro atoms. The molecular formula is C21H22N4O4S2. The molecule has 0 radical (unpaired) electrons. The van der Waals surface area contributed by atoms with Crippen LogP contribution in [0.3, 0.4) is 0 Å². The van der Waals surface area contributed by atoms with Gasteiger partial charge in [-0.2, -0.15) is 0 Å². The van der Waals surface area contributed by atoms with Crippen LogP contribution >= 0.6 is 11.3 Å². The van der Waals surface area contributed by atoms with E-state index in [2.05, 4.69) is 20.3 Å². The third-order valence-corrected chi connectivity index (χ3v) is 6.47. The van der Waals surface area contributed by atoms with Gasteiger partial charge in [0.25, 0.3) is 0 Å². The number of carbonyl (C=O) groups excluding carboxylic acids is 2. The Morgan fingerprint density at radius 1 is 0.903 bits per heavy atom. The number of nitrogens with zero attached hydrogens (tertiary/aromatic N) is 1. The standard InChI is InChI=1S/C21H22N4O4S2/c1-14-3-7-16(8-4-14)18-13-30-21(24-18)25-20(27)11-22-19(26)12-23-31(28,29)17-9-5-15(2)6-10-17/h3-10,13,23H,11-12H2,1-2H3,(H,22,26)(H,24,25,27). The van der Waals surface area contributed by atoms with Crippen molar-refractivity contribution in [3.05, 3.63) is 65.0 Å². The van der Waals surface area contributed by atoms with E-state index in [1.165, 1.54) is 23.5 Å². The van der Waals surface area contributed by atoms with E-state index in [4.69, 9.17) is 0 Å². The maximum absolute atomic E-state index is 12.2. The van der Waals surface area contributed by atoms with Gasteiger partial charge in [-0.25, -0.2) is 18.1 Å². The highest BCUT2D eigenvalue weighted by Gasteiger charge is 2.16. The number of aromatic nitrogens is 1. The Labute approximate surface area is 184 Å². The van der Waals surface area contributed by atoms with Crippen molar-refractivity contribution in [3.63, 3.8) is 0 Å². The summed E-state index contributed by atoms with van der Waals surface area (Å²) < 4.78 is 26.6. The van der Waals surface area contributed by atoms with E-state index in [0.717, 1.165) is 22.4 Å². The van der Waals surface area contributed by atoms with E-state index in [9.17, 15) is 18.0 Å². The minimum Gasteiger partial charge on any atom is -0.346 e. The second kappa shape index (κ2) is 9.82. The van der Waals surface area contributed by atoms with Crippen molar-refractivity contribution >= 4 is 38.3 Å². The fraction of sp³-hybridized carbons (Fsp3) is 0.190. The SMILES string of the molecule is Cc1ccc(-c2csc(NC(=O)CNC(=O)CNS(=O)(=O)c3ccc(C)cc3)n2)cc1. The molecule has 8 nitrogen and oxygen atoms in total. The molecule has 0 bridgehead atoms. The minimum atomic E-state index is -3.81. The van der Waals surface area contributed by atoms with E-state index < -0.39 is 28.4 Å². The fourth-order valence-corrected chi connectivity index (χ4v) is 4.27. The van der Waals surface area contributed by atoms with Gasteiger partial charge in [-0.3, -0.25) is 9.59 Å². The third-order valence-electron chi connectivity index (χ3n) is 4.30. The van der Waals surface area contributed by atoms with Gasteiger partial charge in [0, 0.05) is 10.9 Å². The smallest absolute Gasteiger partial charge is 0.245 e. The normalized spacial score (nSPS) is 11.2. The Morgan fingerprint density at radius 3 is 2.16 bits per heavy atom. The van der Waals surface area contributed by atoms with Crippen molar-refractivity contribution < 1.29 is 18.0 Å². The van der Waals surface area contributed by atoms with Crippen LogP contribution in [-0.4, -0.2) is 38.3 Å². The summed E-state index contributed by atoms with van der Waals surface area (Å²) in [5, 5.41) is 7.24. The first-order chi connectivity index (χ1) is 14.7. The molecular weight excluding hydrogens is 436 g/mol. The minimum absolute atomic E-state index is 0.0665. The quantitative estimate of drug-likeness (QED) is 0.479. The summed E-state index contributed by atoms with van der Waals surface area (Å²) in [7, 11) is -3.81. The predicted octanol–water partition coefficient (Wildman–Crippen LogP) is 2.46. The molecule has 0 aliphatic heterocycles. The van der Waals surface area contributed by atoms with Gasteiger partial charge in [-0.05, 0) is 26.0 Å². The van der Waals surface area contributed by atoms with Crippen LogP contribution in [0.4, 0.5) is 5.13 Å². The fourth-order valence-electron chi connectivity index (χ4n) is 2.55. The number of hydrogen-bond donors (Lipinski definition) is 3. The Bertz CT molecular complexity index is 1170. The molecule has 0 unspecified atom stereocenters. The topological polar surface area (TPSA) is 117 Å². The van der Waals surface area contributed by atoms with Crippen molar-refractivity contribution in [3.8, 4) is 11.3 Å². The van der Waals surface area contributed by atoms with Crippen LogP contribution in [0.15, 0.2) is 58.8 Å². The lowest BCUT2D eigenvalue weighted by Crippen LogP contribution is -2.40. The number of carbonyl (C=O) groups is 2. The van der Waals surface area contributed by atoms with Gasteiger partial charge in [0.15, 0.2) is 5.13 Å². The van der Waals surface area contributed by atoms with Crippen molar-refractivity contribution in [1.82, 2.24) is 15.0 Å². The molecule has 0 aliphatic rings. The first-order valence-corrected chi connectivity index (χ1v) is 11.7. The van der Waals surface area contributed by atoms with E-state index in [-0.39, 0.29) is 11.4 Å². The number of hydrogen-bond acceptors (Lipinski definition) is 6. The highest BCUT2D eigenvalue weighted by molar-refractivity contribution is 7.89. The van der Waals surface area contributed by atoms with Crippen LogP contribution in [0.1, 0.15) is 11.1 Å². The lowest BCUT2D eigenvalue weighted by Gasteiger charge is -2.08. The Hall–Kier alpha value is -3.08. The second-order valence-corrected chi connectivity index (χ2v) is 9.49. The van der Waals surface area contributed by atoms with Crippen LogP contribution in [0.2, 0.25) is 0 Å². The van der Waals surface area contributed by atoms with E-state index in [1.54, 1.807) is 12.1 Å². The molecule has 2 aromatic carbocycles. The summed E-state index contributed by atoms with van der Waals surface area (Å²) in [6.07, 6.45) is 0. The zero-order valence-corrected chi connectivity index (χ0v) is 18.6. The summed E-state index contributed by atoms with van der Waals surface area (Å²) in [5.74, 6) is -1.08. The molecule has 0 fully saturated rings. The summed E-state index contributed by atoms with van der Waals surface area (Å²) in [5.41, 5.74) is 3.75. The molecule has 31 heavy (non-hydrogen) atoms. The molecule has 0 atom stereocenters. The number of benzene rings is 2. The molecule has 1 aromatic heterocycles. The number of nitrogens with one attached hydrogen (secondary N) is 3. The van der Waals surface area contributed by atoms with Crippen LogP contribution in [0.5, 0.6) is 0 Å². The summed E-state index contributed by atoms with van der Waals surface area (Å²) in [6.45, 7) is 3.07. The predicted molar refractivity (Wildman–Crippen MR) is 120 cm³/mol. The summed E-state index contributed by atoms with van der Waals surface area (Å²) in [6, 6.07) is 14.1. The number of sulfonamides is 1. The summed E-state index contributed by atoms with van der Waals surface area (Å²) >= 11 is 1.28. The van der Waals surface area contributed by atoms with Crippen LogP contribution in [-0.2, 0) is 19.6 Å².